The molecule has 0 aliphatic rings. The number of aryl methyl sites for hydroxylation is 4. The first kappa shape index (κ1) is 22.0. The quantitative estimate of drug-likeness (QED) is 0.448. The highest BCUT2D eigenvalue weighted by Gasteiger charge is 2.16. The summed E-state index contributed by atoms with van der Waals surface area (Å²) in [6, 6.07) is 19.7. The first-order chi connectivity index (χ1) is 15.9. The number of aromatic nitrogens is 4. The van der Waals surface area contributed by atoms with E-state index in [1.54, 1.807) is 7.05 Å². The SMILES string of the molecule is CCc1cccc(-n2nnn(C)c2=O)c1COc1cc(C)c(-c2ccccc2C#N)cc1C. The summed E-state index contributed by atoms with van der Waals surface area (Å²) in [5, 5.41) is 17.3. The molecule has 0 aliphatic heterocycles. The molecule has 4 aromatic rings. The van der Waals surface area contributed by atoms with Crippen LogP contribution in [0.4, 0.5) is 0 Å². The first-order valence-corrected chi connectivity index (χ1v) is 10.8. The zero-order valence-electron chi connectivity index (χ0n) is 19.2. The molecular weight excluding hydrogens is 414 g/mol. The monoisotopic (exact) mass is 439 g/mol. The van der Waals surface area contributed by atoms with Crippen molar-refractivity contribution in [2.45, 2.75) is 33.8 Å². The maximum atomic E-state index is 12.5. The molecule has 0 atom stereocenters. The third-order valence-corrected chi connectivity index (χ3v) is 5.81. The Morgan fingerprint density at radius 2 is 1.79 bits per heavy atom. The lowest BCUT2D eigenvalue weighted by atomic mass is 9.94. The van der Waals surface area contributed by atoms with E-state index in [1.807, 2.05) is 62.4 Å². The van der Waals surface area contributed by atoms with Gasteiger partial charge in [0.05, 0.1) is 17.3 Å². The van der Waals surface area contributed by atoms with E-state index < -0.39 is 0 Å². The van der Waals surface area contributed by atoms with Crippen molar-refractivity contribution in [1.82, 2.24) is 19.8 Å². The number of nitriles is 1. The topological polar surface area (TPSA) is 85.7 Å². The molecule has 7 nitrogen and oxygen atoms in total. The molecule has 0 aliphatic carbocycles. The van der Waals surface area contributed by atoms with Gasteiger partial charge in [-0.25, -0.2) is 4.79 Å². The number of nitrogens with zero attached hydrogens (tertiary/aromatic N) is 5. The van der Waals surface area contributed by atoms with Crippen molar-refractivity contribution >= 4 is 0 Å². The second-order valence-corrected chi connectivity index (χ2v) is 7.94. The molecule has 1 aromatic heterocycles. The molecule has 3 aromatic carbocycles. The van der Waals surface area contributed by atoms with Crippen molar-refractivity contribution in [3.05, 3.63) is 92.9 Å². The first-order valence-electron chi connectivity index (χ1n) is 10.8. The van der Waals surface area contributed by atoms with Crippen LogP contribution in [0.1, 0.15) is 34.7 Å². The number of hydrogen-bond donors (Lipinski definition) is 0. The average Bonchev–Trinajstić information content (AvgIpc) is 3.17. The van der Waals surface area contributed by atoms with Crippen molar-refractivity contribution in [3.8, 4) is 28.6 Å². The van der Waals surface area contributed by atoms with Crippen LogP contribution in [-0.4, -0.2) is 19.8 Å². The molecule has 0 N–H and O–H groups in total. The molecule has 7 heteroatoms. The van der Waals surface area contributed by atoms with E-state index in [9.17, 15) is 10.1 Å². The summed E-state index contributed by atoms with van der Waals surface area (Å²) in [6.45, 7) is 6.36. The molecule has 0 saturated heterocycles. The van der Waals surface area contributed by atoms with Crippen molar-refractivity contribution in [2.75, 3.05) is 0 Å². The maximum Gasteiger partial charge on any atom is 0.368 e. The van der Waals surface area contributed by atoms with Gasteiger partial charge in [0.2, 0.25) is 0 Å². The molecule has 0 amide bonds. The van der Waals surface area contributed by atoms with Gasteiger partial charge in [0, 0.05) is 12.6 Å². The normalized spacial score (nSPS) is 10.8. The van der Waals surface area contributed by atoms with Gasteiger partial charge < -0.3 is 4.74 Å². The van der Waals surface area contributed by atoms with Gasteiger partial charge >= 0.3 is 5.69 Å². The van der Waals surface area contributed by atoms with Gasteiger partial charge in [0.1, 0.15) is 12.4 Å². The van der Waals surface area contributed by atoms with Gasteiger partial charge in [0.15, 0.2) is 0 Å². The third kappa shape index (κ3) is 4.15. The number of benzene rings is 3. The summed E-state index contributed by atoms with van der Waals surface area (Å²) >= 11 is 0. The fraction of sp³-hybridized carbons (Fsp3) is 0.231. The van der Waals surface area contributed by atoms with Gasteiger partial charge in [-0.1, -0.05) is 37.3 Å². The summed E-state index contributed by atoms with van der Waals surface area (Å²) in [7, 11) is 1.57. The predicted octanol–water partition coefficient (Wildman–Crippen LogP) is 4.26. The molecule has 33 heavy (non-hydrogen) atoms. The highest BCUT2D eigenvalue weighted by Crippen LogP contribution is 2.33. The molecule has 0 saturated carbocycles. The standard InChI is InChI=1S/C26H25N5O2/c1-5-19-10-8-12-24(31-26(32)30(4)28-29-31)23(19)16-33-25-14-17(2)22(13-18(25)3)21-11-7-6-9-20(21)15-27/h6-14H,5,16H2,1-4H3. The predicted molar refractivity (Wildman–Crippen MR) is 126 cm³/mol. The molecule has 0 fully saturated rings. The van der Waals surface area contributed by atoms with E-state index in [0.29, 0.717) is 11.3 Å². The summed E-state index contributed by atoms with van der Waals surface area (Å²) in [6.07, 6.45) is 0.795. The minimum absolute atomic E-state index is 0.288. The Morgan fingerprint density at radius 1 is 1.00 bits per heavy atom. The van der Waals surface area contributed by atoms with Gasteiger partial charge in [-0.2, -0.15) is 14.6 Å². The van der Waals surface area contributed by atoms with Crippen LogP contribution in [0.3, 0.4) is 0 Å². The zero-order valence-corrected chi connectivity index (χ0v) is 19.2. The van der Waals surface area contributed by atoms with E-state index in [2.05, 4.69) is 29.5 Å². The lowest BCUT2D eigenvalue weighted by Crippen LogP contribution is -2.23. The summed E-state index contributed by atoms with van der Waals surface area (Å²) in [5.41, 5.74) is 6.90. The molecule has 0 bridgehead atoms. The molecule has 4 rings (SSSR count). The Bertz CT molecular complexity index is 1430. The van der Waals surface area contributed by atoms with Crippen LogP contribution in [0.5, 0.6) is 5.75 Å². The smallest absolute Gasteiger partial charge is 0.368 e. The van der Waals surface area contributed by atoms with Crippen LogP contribution in [0.15, 0.2) is 59.4 Å². The summed E-state index contributed by atoms with van der Waals surface area (Å²) in [4.78, 5) is 12.5. The Kier molecular flexibility index (Phi) is 6.09. The van der Waals surface area contributed by atoms with Crippen LogP contribution >= 0.6 is 0 Å². The van der Waals surface area contributed by atoms with Gasteiger partial charge in [-0.05, 0) is 82.8 Å². The molecule has 0 spiro atoms. The van der Waals surface area contributed by atoms with Gasteiger partial charge in [0.25, 0.3) is 0 Å². The van der Waals surface area contributed by atoms with E-state index in [4.69, 9.17) is 4.74 Å². The molecule has 0 unspecified atom stereocenters. The van der Waals surface area contributed by atoms with Gasteiger partial charge in [-0.15, -0.1) is 0 Å². The Morgan fingerprint density at radius 3 is 2.48 bits per heavy atom. The lowest BCUT2D eigenvalue weighted by Gasteiger charge is -2.17. The minimum Gasteiger partial charge on any atom is -0.489 e. The van der Waals surface area contributed by atoms with Crippen molar-refractivity contribution in [1.29, 1.82) is 5.26 Å². The van der Waals surface area contributed by atoms with Gasteiger partial charge in [-0.3, -0.25) is 0 Å². The third-order valence-electron chi connectivity index (χ3n) is 5.81. The highest BCUT2D eigenvalue weighted by atomic mass is 16.5. The Hall–Kier alpha value is -4.18. The molecular formula is C26H25N5O2. The van der Waals surface area contributed by atoms with E-state index in [1.165, 1.54) is 9.36 Å². The summed E-state index contributed by atoms with van der Waals surface area (Å²) < 4.78 is 8.77. The second kappa shape index (κ2) is 9.13. The van der Waals surface area contributed by atoms with E-state index in [-0.39, 0.29) is 12.3 Å². The van der Waals surface area contributed by atoms with Crippen LogP contribution in [-0.2, 0) is 20.1 Å². The van der Waals surface area contributed by atoms with Crippen molar-refractivity contribution < 1.29 is 4.74 Å². The van der Waals surface area contributed by atoms with Crippen molar-refractivity contribution in [3.63, 3.8) is 0 Å². The average molecular weight is 440 g/mol. The fourth-order valence-corrected chi connectivity index (χ4v) is 3.98. The molecule has 166 valence electrons. The van der Waals surface area contributed by atoms with Crippen molar-refractivity contribution in [2.24, 2.45) is 7.05 Å². The number of hydrogen-bond acceptors (Lipinski definition) is 5. The summed E-state index contributed by atoms with van der Waals surface area (Å²) in [5.74, 6) is 0.758. The number of rotatable bonds is 6. The van der Waals surface area contributed by atoms with Crippen LogP contribution in [0.2, 0.25) is 0 Å². The largest absolute Gasteiger partial charge is 0.489 e. The zero-order chi connectivity index (χ0) is 23.5. The Balaban J connectivity index is 1.70. The molecule has 1 heterocycles. The van der Waals surface area contributed by atoms with E-state index in [0.717, 1.165) is 45.6 Å². The van der Waals surface area contributed by atoms with Crippen LogP contribution in [0, 0.1) is 25.2 Å². The lowest BCUT2D eigenvalue weighted by molar-refractivity contribution is 0.302. The molecule has 0 radical (unpaired) electrons. The van der Waals surface area contributed by atoms with E-state index >= 15 is 0 Å². The fourth-order valence-electron chi connectivity index (χ4n) is 3.98. The Labute approximate surface area is 192 Å². The number of ether oxygens (including phenoxy) is 1. The maximum absolute atomic E-state index is 12.5. The second-order valence-electron chi connectivity index (χ2n) is 7.94. The number of tetrazole rings is 1. The highest BCUT2D eigenvalue weighted by molar-refractivity contribution is 5.74. The van der Waals surface area contributed by atoms with Crippen LogP contribution in [0.25, 0.3) is 16.8 Å². The van der Waals surface area contributed by atoms with Crippen LogP contribution < -0.4 is 10.4 Å². The minimum atomic E-state index is -0.308.